The summed E-state index contributed by atoms with van der Waals surface area (Å²) in [5, 5.41) is 5.57. The molecule has 0 saturated heterocycles. The van der Waals surface area contributed by atoms with E-state index in [1.165, 1.54) is 24.1 Å². The minimum Gasteiger partial charge on any atom is -0.495 e. The molecule has 0 unspecified atom stereocenters. The minimum atomic E-state index is -0.765. The van der Waals surface area contributed by atoms with Crippen molar-refractivity contribution in [2.45, 2.75) is 13.0 Å². The van der Waals surface area contributed by atoms with Gasteiger partial charge < -0.3 is 20.3 Å². The number of amides is 3. The number of anilines is 1. The second-order valence-corrected chi connectivity index (χ2v) is 6.15. The lowest BCUT2D eigenvalue weighted by Gasteiger charge is -2.33. The average molecular weight is 369 g/mol. The molecular weight excluding hydrogens is 349 g/mol. The SMILES string of the molecule is COc1ccccc1NC(=O)C1=C(C)N(C)C(=O)N[C@@H]1c1cccc(F)c1. The van der Waals surface area contributed by atoms with E-state index in [0.29, 0.717) is 28.3 Å². The van der Waals surface area contributed by atoms with Crippen LogP contribution >= 0.6 is 0 Å². The number of methoxy groups -OCH3 is 1. The predicted octanol–water partition coefficient (Wildman–Crippen LogP) is 3.44. The molecule has 1 atom stereocenters. The zero-order valence-electron chi connectivity index (χ0n) is 15.2. The molecule has 0 aromatic heterocycles. The third-order valence-electron chi connectivity index (χ3n) is 4.54. The van der Waals surface area contributed by atoms with Gasteiger partial charge in [-0.05, 0) is 36.8 Å². The van der Waals surface area contributed by atoms with Gasteiger partial charge in [0.05, 0.1) is 24.4 Å². The molecule has 3 rings (SSSR count). The molecule has 0 spiro atoms. The number of halogens is 1. The normalized spacial score (nSPS) is 16.8. The molecule has 1 aliphatic rings. The van der Waals surface area contributed by atoms with E-state index >= 15 is 0 Å². The fraction of sp³-hybridized carbons (Fsp3) is 0.200. The summed E-state index contributed by atoms with van der Waals surface area (Å²) in [4.78, 5) is 26.7. The molecule has 2 N–H and O–H groups in total. The van der Waals surface area contributed by atoms with Crippen LogP contribution in [0.2, 0.25) is 0 Å². The minimum absolute atomic E-state index is 0.327. The van der Waals surface area contributed by atoms with E-state index < -0.39 is 17.8 Å². The van der Waals surface area contributed by atoms with Gasteiger partial charge in [-0.2, -0.15) is 0 Å². The van der Waals surface area contributed by atoms with Gasteiger partial charge in [0.15, 0.2) is 0 Å². The van der Waals surface area contributed by atoms with Gasteiger partial charge in [-0.25, -0.2) is 9.18 Å². The molecule has 2 aromatic carbocycles. The molecule has 0 aliphatic carbocycles. The molecule has 0 fully saturated rings. The number of carbonyl (C=O) groups is 2. The van der Waals surface area contributed by atoms with Crippen molar-refractivity contribution >= 4 is 17.6 Å². The first-order chi connectivity index (χ1) is 12.9. The molecule has 140 valence electrons. The lowest BCUT2D eigenvalue weighted by molar-refractivity contribution is -0.113. The van der Waals surface area contributed by atoms with Crippen LogP contribution in [0.3, 0.4) is 0 Å². The molecule has 0 radical (unpaired) electrons. The maximum Gasteiger partial charge on any atom is 0.322 e. The molecule has 2 aromatic rings. The first-order valence-corrected chi connectivity index (χ1v) is 8.37. The molecule has 7 heteroatoms. The van der Waals surface area contributed by atoms with E-state index in [2.05, 4.69) is 10.6 Å². The highest BCUT2D eigenvalue weighted by molar-refractivity contribution is 6.07. The number of hydrogen-bond donors (Lipinski definition) is 2. The maximum absolute atomic E-state index is 13.7. The van der Waals surface area contributed by atoms with Crippen LogP contribution in [0.4, 0.5) is 14.9 Å². The Morgan fingerprint density at radius 1 is 1.22 bits per heavy atom. The summed E-state index contributed by atoms with van der Waals surface area (Å²) in [6.07, 6.45) is 0. The summed E-state index contributed by atoms with van der Waals surface area (Å²) >= 11 is 0. The molecular formula is C20H20FN3O3. The summed E-state index contributed by atoms with van der Waals surface area (Å²) in [7, 11) is 3.09. The van der Waals surface area contributed by atoms with Crippen LogP contribution in [0.25, 0.3) is 0 Å². The van der Waals surface area contributed by atoms with Crippen molar-refractivity contribution in [1.29, 1.82) is 0 Å². The largest absolute Gasteiger partial charge is 0.495 e. The molecule has 3 amide bonds. The fourth-order valence-electron chi connectivity index (χ4n) is 3.00. The number of allylic oxidation sites excluding steroid dienone is 1. The lowest BCUT2D eigenvalue weighted by Crippen LogP contribution is -2.46. The van der Waals surface area contributed by atoms with E-state index in [1.54, 1.807) is 50.4 Å². The fourth-order valence-corrected chi connectivity index (χ4v) is 3.00. The van der Waals surface area contributed by atoms with Gasteiger partial charge >= 0.3 is 6.03 Å². The van der Waals surface area contributed by atoms with Crippen molar-refractivity contribution in [1.82, 2.24) is 10.2 Å². The average Bonchev–Trinajstić information content (AvgIpc) is 2.66. The summed E-state index contributed by atoms with van der Waals surface area (Å²) in [6.45, 7) is 1.68. The Morgan fingerprint density at radius 3 is 2.67 bits per heavy atom. The quantitative estimate of drug-likeness (QED) is 0.867. The zero-order chi connectivity index (χ0) is 19.6. The summed E-state index contributed by atoms with van der Waals surface area (Å²) < 4.78 is 19.0. The third-order valence-corrected chi connectivity index (χ3v) is 4.54. The lowest BCUT2D eigenvalue weighted by atomic mass is 9.94. The topological polar surface area (TPSA) is 70.7 Å². The Morgan fingerprint density at radius 2 is 1.96 bits per heavy atom. The zero-order valence-corrected chi connectivity index (χ0v) is 15.2. The number of para-hydroxylation sites is 2. The van der Waals surface area contributed by atoms with Gasteiger partial charge in [0, 0.05) is 12.7 Å². The molecule has 1 aliphatic heterocycles. The summed E-state index contributed by atoms with van der Waals surface area (Å²) in [6, 6.07) is 11.7. The van der Waals surface area contributed by atoms with Gasteiger partial charge in [0.2, 0.25) is 0 Å². The number of hydrogen-bond acceptors (Lipinski definition) is 3. The highest BCUT2D eigenvalue weighted by Gasteiger charge is 2.34. The van der Waals surface area contributed by atoms with Crippen molar-refractivity contribution in [2.24, 2.45) is 0 Å². The number of benzene rings is 2. The van der Waals surface area contributed by atoms with E-state index in [9.17, 15) is 14.0 Å². The highest BCUT2D eigenvalue weighted by Crippen LogP contribution is 2.32. The van der Waals surface area contributed by atoms with Crippen LogP contribution < -0.4 is 15.4 Å². The summed E-state index contributed by atoms with van der Waals surface area (Å²) in [5.74, 6) is -0.333. The van der Waals surface area contributed by atoms with Crippen LogP contribution in [0.15, 0.2) is 59.8 Å². The number of carbonyl (C=O) groups excluding carboxylic acids is 2. The van der Waals surface area contributed by atoms with Crippen LogP contribution in [0, 0.1) is 5.82 Å². The van der Waals surface area contributed by atoms with Crippen LogP contribution in [0.5, 0.6) is 5.75 Å². The van der Waals surface area contributed by atoms with Crippen LogP contribution in [0.1, 0.15) is 18.5 Å². The second kappa shape index (κ2) is 7.49. The summed E-state index contributed by atoms with van der Waals surface area (Å²) in [5.41, 5.74) is 1.80. The smallest absolute Gasteiger partial charge is 0.322 e. The van der Waals surface area contributed by atoms with Gasteiger partial charge in [-0.3, -0.25) is 4.79 Å². The Balaban J connectivity index is 2.02. The monoisotopic (exact) mass is 369 g/mol. The van der Waals surface area contributed by atoms with E-state index in [0.717, 1.165) is 0 Å². The Labute approximate surface area is 156 Å². The van der Waals surface area contributed by atoms with Crippen molar-refractivity contribution in [3.63, 3.8) is 0 Å². The van der Waals surface area contributed by atoms with Gasteiger partial charge in [-0.1, -0.05) is 24.3 Å². The second-order valence-electron chi connectivity index (χ2n) is 6.15. The van der Waals surface area contributed by atoms with Crippen molar-refractivity contribution < 1.29 is 18.7 Å². The first kappa shape index (κ1) is 18.4. The number of nitrogens with one attached hydrogen (secondary N) is 2. The first-order valence-electron chi connectivity index (χ1n) is 8.37. The van der Waals surface area contributed by atoms with Gasteiger partial charge in [-0.15, -0.1) is 0 Å². The van der Waals surface area contributed by atoms with Crippen molar-refractivity contribution in [3.05, 3.63) is 71.2 Å². The Bertz CT molecular complexity index is 926. The Kier molecular flexibility index (Phi) is 5.12. The van der Waals surface area contributed by atoms with E-state index in [1.807, 2.05) is 0 Å². The standard InChI is InChI=1S/C20H20FN3O3/c1-12-17(19(25)22-15-9-4-5-10-16(15)27-3)18(23-20(26)24(12)2)13-7-6-8-14(21)11-13/h4-11,18H,1-3H3,(H,22,25)(H,23,26)/t18-/m1/s1. The van der Waals surface area contributed by atoms with Gasteiger partial charge in [0.1, 0.15) is 11.6 Å². The van der Waals surface area contributed by atoms with E-state index in [-0.39, 0.29) is 6.03 Å². The molecule has 0 saturated carbocycles. The molecule has 1 heterocycles. The number of urea groups is 1. The molecule has 6 nitrogen and oxygen atoms in total. The van der Waals surface area contributed by atoms with Crippen LogP contribution in [-0.2, 0) is 4.79 Å². The number of ether oxygens (including phenoxy) is 1. The number of nitrogens with zero attached hydrogens (tertiary/aromatic N) is 1. The predicted molar refractivity (Wildman–Crippen MR) is 99.8 cm³/mol. The molecule has 0 bridgehead atoms. The van der Waals surface area contributed by atoms with Crippen molar-refractivity contribution in [3.8, 4) is 5.75 Å². The van der Waals surface area contributed by atoms with Crippen molar-refractivity contribution in [2.75, 3.05) is 19.5 Å². The highest BCUT2D eigenvalue weighted by atomic mass is 19.1. The maximum atomic E-state index is 13.7. The van der Waals surface area contributed by atoms with E-state index in [4.69, 9.17) is 4.74 Å². The van der Waals surface area contributed by atoms with Gasteiger partial charge in [0.25, 0.3) is 5.91 Å². The Hall–Kier alpha value is -3.35. The molecule has 27 heavy (non-hydrogen) atoms. The third kappa shape index (κ3) is 3.62. The number of rotatable bonds is 4. The van der Waals surface area contributed by atoms with Crippen LogP contribution in [-0.4, -0.2) is 31.0 Å².